The first-order chi connectivity index (χ1) is 10.8. The minimum atomic E-state index is -3.49. The van der Waals surface area contributed by atoms with Crippen LogP contribution in [-0.2, 0) is 14.8 Å². The van der Waals surface area contributed by atoms with Crippen LogP contribution in [0.25, 0.3) is 0 Å². The predicted molar refractivity (Wildman–Crippen MR) is 96.4 cm³/mol. The number of hydrogen-bond acceptors (Lipinski definition) is 4. The van der Waals surface area contributed by atoms with Gasteiger partial charge in [0.25, 0.3) is 0 Å². The molecule has 0 spiro atoms. The van der Waals surface area contributed by atoms with Crippen LogP contribution in [0.15, 0.2) is 29.2 Å². The lowest BCUT2D eigenvalue weighted by Gasteiger charge is -2.27. The molecule has 0 aromatic heterocycles. The van der Waals surface area contributed by atoms with Crippen LogP contribution in [0.2, 0.25) is 0 Å². The minimum absolute atomic E-state index is 0. The number of benzene rings is 1. The molecule has 1 aromatic carbocycles. The highest BCUT2D eigenvalue weighted by Crippen LogP contribution is 2.24. The number of carbonyl (C=O) groups excluding carboxylic acids is 1. The van der Waals surface area contributed by atoms with E-state index in [2.05, 4.69) is 10.0 Å². The van der Waals surface area contributed by atoms with E-state index in [0.29, 0.717) is 6.42 Å². The number of sulfonamides is 1. The van der Waals surface area contributed by atoms with Crippen molar-refractivity contribution >= 4 is 28.3 Å². The monoisotopic (exact) mass is 375 g/mol. The van der Waals surface area contributed by atoms with Gasteiger partial charge in [0.05, 0.1) is 10.9 Å². The lowest BCUT2D eigenvalue weighted by molar-refractivity contribution is -0.126. The Hall–Kier alpha value is -1.15. The average Bonchev–Trinajstić information content (AvgIpc) is 2.55. The van der Waals surface area contributed by atoms with Crippen molar-refractivity contribution in [3.8, 4) is 0 Å². The summed E-state index contributed by atoms with van der Waals surface area (Å²) in [7, 11) is -2.12. The molecule has 3 unspecified atom stereocenters. The lowest BCUT2D eigenvalue weighted by Crippen LogP contribution is -2.38. The number of amides is 1. The van der Waals surface area contributed by atoms with E-state index < -0.39 is 10.0 Å². The molecule has 1 aliphatic carbocycles. The maximum atomic E-state index is 12.4. The molecule has 136 valence electrons. The number of rotatable bonds is 5. The van der Waals surface area contributed by atoms with Crippen LogP contribution in [-0.4, -0.2) is 27.4 Å². The number of halogens is 1. The van der Waals surface area contributed by atoms with E-state index in [4.69, 9.17) is 5.73 Å². The molecule has 8 heteroatoms. The van der Waals surface area contributed by atoms with Gasteiger partial charge in [-0.3, -0.25) is 4.79 Å². The molecule has 1 aliphatic rings. The van der Waals surface area contributed by atoms with Crippen LogP contribution in [0.1, 0.15) is 44.2 Å². The van der Waals surface area contributed by atoms with Gasteiger partial charge in [-0.25, -0.2) is 13.1 Å². The average molecular weight is 376 g/mol. The zero-order chi connectivity index (χ0) is 17.0. The van der Waals surface area contributed by atoms with E-state index in [1.54, 1.807) is 12.1 Å². The summed E-state index contributed by atoms with van der Waals surface area (Å²) in [5.74, 6) is -0.0556. The first-order valence-electron chi connectivity index (χ1n) is 7.93. The number of nitrogens with two attached hydrogens (primary N) is 1. The molecule has 0 bridgehead atoms. The van der Waals surface area contributed by atoms with Crippen LogP contribution in [0.4, 0.5) is 0 Å². The Bertz CT molecular complexity index is 666. The third-order valence-electron chi connectivity index (χ3n) is 4.38. The van der Waals surface area contributed by atoms with Crippen molar-refractivity contribution in [2.24, 2.45) is 11.7 Å². The molecule has 6 nitrogen and oxygen atoms in total. The van der Waals surface area contributed by atoms with Gasteiger partial charge >= 0.3 is 0 Å². The lowest BCUT2D eigenvalue weighted by atomic mass is 9.85. The van der Waals surface area contributed by atoms with Gasteiger partial charge in [0.1, 0.15) is 0 Å². The molecule has 2 rings (SSSR count). The second-order valence-electron chi connectivity index (χ2n) is 6.13. The van der Waals surface area contributed by atoms with Crippen LogP contribution in [0, 0.1) is 5.92 Å². The molecule has 4 N–H and O–H groups in total. The number of hydrogen-bond donors (Lipinski definition) is 3. The molecule has 1 saturated carbocycles. The Morgan fingerprint density at radius 3 is 2.67 bits per heavy atom. The molecule has 0 radical (unpaired) electrons. The molecule has 3 atom stereocenters. The topological polar surface area (TPSA) is 101 Å². The molecular formula is C16H26ClN3O3S. The van der Waals surface area contributed by atoms with Crippen molar-refractivity contribution in [2.75, 3.05) is 7.05 Å². The van der Waals surface area contributed by atoms with Crippen molar-refractivity contribution in [2.45, 2.75) is 49.6 Å². The van der Waals surface area contributed by atoms with Crippen molar-refractivity contribution in [3.63, 3.8) is 0 Å². The maximum absolute atomic E-state index is 12.4. The van der Waals surface area contributed by atoms with E-state index in [9.17, 15) is 13.2 Å². The zero-order valence-corrected chi connectivity index (χ0v) is 15.6. The molecular weight excluding hydrogens is 350 g/mol. The van der Waals surface area contributed by atoms with Crippen molar-refractivity contribution in [1.82, 2.24) is 10.0 Å². The highest BCUT2D eigenvalue weighted by atomic mass is 35.5. The molecule has 0 heterocycles. The van der Waals surface area contributed by atoms with E-state index in [0.717, 1.165) is 24.8 Å². The predicted octanol–water partition coefficient (Wildman–Crippen LogP) is 1.71. The summed E-state index contributed by atoms with van der Waals surface area (Å²) in [6.07, 6.45) is 3.53. The van der Waals surface area contributed by atoms with Gasteiger partial charge in [-0.2, -0.15) is 0 Å². The number of carbonyl (C=O) groups is 1. The van der Waals surface area contributed by atoms with Crippen LogP contribution in [0.3, 0.4) is 0 Å². The minimum Gasteiger partial charge on any atom is -0.349 e. The number of nitrogens with one attached hydrogen (secondary N) is 2. The molecule has 1 aromatic rings. The van der Waals surface area contributed by atoms with Crippen molar-refractivity contribution in [3.05, 3.63) is 29.8 Å². The maximum Gasteiger partial charge on any atom is 0.240 e. The van der Waals surface area contributed by atoms with Crippen LogP contribution >= 0.6 is 12.4 Å². The first-order valence-corrected chi connectivity index (χ1v) is 9.41. The summed E-state index contributed by atoms with van der Waals surface area (Å²) >= 11 is 0. The third-order valence-corrected chi connectivity index (χ3v) is 5.79. The van der Waals surface area contributed by atoms with Gasteiger partial charge in [0.2, 0.25) is 15.9 Å². The molecule has 0 saturated heterocycles. The zero-order valence-electron chi connectivity index (χ0n) is 14.0. The highest BCUT2D eigenvalue weighted by Gasteiger charge is 2.26. The Labute approximate surface area is 150 Å². The Morgan fingerprint density at radius 1 is 1.33 bits per heavy atom. The standard InChI is InChI=1S/C16H25N3O3S.ClH/c1-11(19-16(20)13-6-3-7-14(17)9-13)12-5-4-8-15(10-12)23(21,22)18-2;/h4-5,8,10-11,13-14,18H,3,6-7,9,17H2,1-2H3,(H,19,20);1H. The molecule has 1 fully saturated rings. The Morgan fingerprint density at radius 2 is 2.04 bits per heavy atom. The summed E-state index contributed by atoms with van der Waals surface area (Å²) in [5, 5.41) is 2.97. The van der Waals surface area contributed by atoms with Crippen LogP contribution < -0.4 is 15.8 Å². The van der Waals surface area contributed by atoms with E-state index in [-0.39, 0.29) is 41.2 Å². The van der Waals surface area contributed by atoms with Gasteiger partial charge in [-0.15, -0.1) is 12.4 Å². The summed E-state index contributed by atoms with van der Waals surface area (Å²) < 4.78 is 26.0. The van der Waals surface area contributed by atoms with Crippen LogP contribution in [0.5, 0.6) is 0 Å². The second kappa shape index (κ2) is 8.80. The van der Waals surface area contributed by atoms with Gasteiger partial charge in [-0.1, -0.05) is 18.6 Å². The third kappa shape index (κ3) is 5.17. The summed E-state index contributed by atoms with van der Waals surface area (Å²) in [6, 6.07) is 6.45. The highest BCUT2D eigenvalue weighted by molar-refractivity contribution is 7.89. The fourth-order valence-corrected chi connectivity index (χ4v) is 3.73. The smallest absolute Gasteiger partial charge is 0.240 e. The van der Waals surface area contributed by atoms with Crippen molar-refractivity contribution < 1.29 is 13.2 Å². The fourth-order valence-electron chi connectivity index (χ4n) is 2.95. The Balaban J connectivity index is 0.00000288. The molecule has 24 heavy (non-hydrogen) atoms. The largest absolute Gasteiger partial charge is 0.349 e. The van der Waals surface area contributed by atoms with E-state index in [1.807, 2.05) is 13.0 Å². The van der Waals surface area contributed by atoms with Gasteiger partial charge in [0, 0.05) is 12.0 Å². The van der Waals surface area contributed by atoms with Gasteiger partial charge in [-0.05, 0) is 50.9 Å². The van der Waals surface area contributed by atoms with Gasteiger partial charge in [0.15, 0.2) is 0 Å². The van der Waals surface area contributed by atoms with Gasteiger partial charge < -0.3 is 11.1 Å². The first kappa shape index (κ1) is 20.9. The summed E-state index contributed by atoms with van der Waals surface area (Å²) in [6.45, 7) is 1.85. The SMILES string of the molecule is CNS(=O)(=O)c1cccc(C(C)NC(=O)C2CCCC(N)C2)c1.Cl. The molecule has 0 aliphatic heterocycles. The molecule has 1 amide bonds. The Kier molecular flexibility index (Phi) is 7.66. The van der Waals surface area contributed by atoms with Crippen molar-refractivity contribution in [1.29, 1.82) is 0 Å². The normalized spacial score (nSPS) is 22.3. The summed E-state index contributed by atoms with van der Waals surface area (Å²) in [4.78, 5) is 12.6. The quantitative estimate of drug-likeness (QED) is 0.729. The van der Waals surface area contributed by atoms with E-state index in [1.165, 1.54) is 13.1 Å². The fraction of sp³-hybridized carbons (Fsp3) is 0.562. The second-order valence-corrected chi connectivity index (χ2v) is 8.02. The van der Waals surface area contributed by atoms with E-state index >= 15 is 0 Å². The summed E-state index contributed by atoms with van der Waals surface area (Å²) in [5.41, 5.74) is 6.69.